The number of thiophene rings is 1. The number of aromatic nitrogens is 5. The summed E-state index contributed by atoms with van der Waals surface area (Å²) in [5.74, 6) is 1.77. The minimum Gasteiger partial charge on any atom is -0.497 e. The fourth-order valence-electron chi connectivity index (χ4n) is 2.85. The molecule has 0 atom stereocenters. The van der Waals surface area contributed by atoms with Gasteiger partial charge in [-0.25, -0.2) is 0 Å². The monoisotopic (exact) mass is 426 g/mol. The first-order chi connectivity index (χ1) is 14.1. The zero-order valence-electron chi connectivity index (χ0n) is 15.5. The summed E-state index contributed by atoms with van der Waals surface area (Å²) in [6.07, 6.45) is 0.234. The number of hydrogen-bond acceptors (Lipinski definition) is 6. The Morgan fingerprint density at radius 1 is 1.24 bits per heavy atom. The van der Waals surface area contributed by atoms with Crippen LogP contribution in [0.3, 0.4) is 0 Å². The van der Waals surface area contributed by atoms with Crippen molar-refractivity contribution in [2.75, 3.05) is 12.4 Å². The minimum absolute atomic E-state index is 0.155. The number of carbonyl (C=O) groups excluding carboxylic acids is 1. The number of anilines is 1. The molecule has 1 aromatic carbocycles. The van der Waals surface area contributed by atoms with Crippen molar-refractivity contribution >= 4 is 35.3 Å². The largest absolute Gasteiger partial charge is 0.497 e. The summed E-state index contributed by atoms with van der Waals surface area (Å²) in [6, 6.07) is 13.3. The van der Waals surface area contributed by atoms with E-state index in [0.29, 0.717) is 23.0 Å². The third-order valence-corrected chi connectivity index (χ3v) is 5.52. The molecular weight excluding hydrogens is 408 g/mol. The van der Waals surface area contributed by atoms with Gasteiger partial charge in [0.05, 0.1) is 17.7 Å². The van der Waals surface area contributed by atoms with E-state index in [1.165, 1.54) is 0 Å². The number of H-pyrrole nitrogens is 2. The molecule has 3 N–H and O–H groups in total. The van der Waals surface area contributed by atoms with Gasteiger partial charge in [0.25, 0.3) is 0 Å². The summed E-state index contributed by atoms with van der Waals surface area (Å²) in [5, 5.41) is 19.0. The zero-order chi connectivity index (χ0) is 20.2. The molecule has 3 aromatic heterocycles. The highest BCUT2D eigenvalue weighted by Crippen LogP contribution is 2.24. The van der Waals surface area contributed by atoms with Gasteiger partial charge in [-0.2, -0.15) is 10.2 Å². The number of carbonyl (C=O) groups is 1. The van der Waals surface area contributed by atoms with E-state index in [2.05, 4.69) is 25.7 Å². The molecule has 0 aliphatic heterocycles. The molecule has 0 saturated carbocycles. The van der Waals surface area contributed by atoms with E-state index in [9.17, 15) is 4.79 Å². The number of nitrogens with one attached hydrogen (secondary N) is 3. The minimum atomic E-state index is -0.155. The van der Waals surface area contributed by atoms with Gasteiger partial charge in [0.15, 0.2) is 16.4 Å². The van der Waals surface area contributed by atoms with Gasteiger partial charge in [0.1, 0.15) is 5.75 Å². The lowest BCUT2D eigenvalue weighted by Gasteiger charge is -2.07. The summed E-state index contributed by atoms with van der Waals surface area (Å²) in [7, 11) is 1.62. The van der Waals surface area contributed by atoms with Gasteiger partial charge in [-0.15, -0.1) is 11.3 Å². The molecule has 0 bridgehead atoms. The fraction of sp³-hybridized carbons (Fsp3) is 0.158. The van der Waals surface area contributed by atoms with E-state index in [1.807, 2.05) is 47.8 Å². The first-order valence-electron chi connectivity index (χ1n) is 8.83. The molecular formula is C19H18N6O2S2. The molecule has 0 spiro atoms. The molecule has 29 heavy (non-hydrogen) atoms. The summed E-state index contributed by atoms with van der Waals surface area (Å²) in [6.45, 7) is 0.394. The molecule has 0 unspecified atom stereocenters. The van der Waals surface area contributed by atoms with Crippen LogP contribution in [0.1, 0.15) is 6.42 Å². The second-order valence-corrected chi connectivity index (χ2v) is 7.51. The van der Waals surface area contributed by atoms with Crippen LogP contribution in [-0.4, -0.2) is 38.0 Å². The van der Waals surface area contributed by atoms with E-state index >= 15 is 0 Å². The summed E-state index contributed by atoms with van der Waals surface area (Å²) >= 11 is 6.93. The van der Waals surface area contributed by atoms with Gasteiger partial charge in [0.2, 0.25) is 5.91 Å². The molecule has 0 fully saturated rings. The number of aromatic amines is 2. The second-order valence-electron chi connectivity index (χ2n) is 6.17. The summed E-state index contributed by atoms with van der Waals surface area (Å²) in [5.41, 5.74) is 1.75. The summed E-state index contributed by atoms with van der Waals surface area (Å²) < 4.78 is 7.45. The Labute approximate surface area is 175 Å². The number of methoxy groups -OCH3 is 1. The maximum atomic E-state index is 12.4. The van der Waals surface area contributed by atoms with E-state index in [-0.39, 0.29) is 12.3 Å². The van der Waals surface area contributed by atoms with Crippen LogP contribution >= 0.6 is 23.6 Å². The van der Waals surface area contributed by atoms with Crippen LogP contribution in [0.2, 0.25) is 0 Å². The van der Waals surface area contributed by atoms with Gasteiger partial charge in [-0.1, -0.05) is 6.07 Å². The summed E-state index contributed by atoms with van der Waals surface area (Å²) in [4.78, 5) is 13.5. The molecule has 10 heteroatoms. The van der Waals surface area contributed by atoms with Crippen molar-refractivity contribution in [2.24, 2.45) is 0 Å². The van der Waals surface area contributed by atoms with Crippen molar-refractivity contribution in [2.45, 2.75) is 13.0 Å². The third kappa shape index (κ3) is 4.28. The van der Waals surface area contributed by atoms with Crippen molar-refractivity contribution < 1.29 is 9.53 Å². The van der Waals surface area contributed by atoms with Crippen LogP contribution in [-0.2, 0) is 11.3 Å². The van der Waals surface area contributed by atoms with Crippen molar-refractivity contribution in [1.29, 1.82) is 0 Å². The Kier molecular flexibility index (Phi) is 5.54. The van der Waals surface area contributed by atoms with Gasteiger partial charge >= 0.3 is 0 Å². The molecule has 0 aliphatic carbocycles. The smallest absolute Gasteiger partial charge is 0.227 e. The van der Waals surface area contributed by atoms with Crippen LogP contribution in [0.4, 0.5) is 5.82 Å². The van der Waals surface area contributed by atoms with Crippen molar-refractivity contribution in [3.63, 3.8) is 0 Å². The van der Waals surface area contributed by atoms with Crippen molar-refractivity contribution in [3.8, 4) is 27.7 Å². The highest BCUT2D eigenvalue weighted by molar-refractivity contribution is 7.71. The topological polar surface area (TPSA) is 101 Å². The number of benzene rings is 1. The average molecular weight is 427 g/mol. The Bertz CT molecular complexity index is 1160. The lowest BCUT2D eigenvalue weighted by molar-refractivity contribution is -0.116. The molecule has 8 nitrogen and oxygen atoms in total. The van der Waals surface area contributed by atoms with E-state index in [4.69, 9.17) is 17.0 Å². The highest BCUT2D eigenvalue weighted by Gasteiger charge is 2.12. The number of nitrogens with zero attached hydrogens (tertiary/aromatic N) is 3. The molecule has 4 rings (SSSR count). The molecule has 3 heterocycles. The molecule has 0 aliphatic rings. The van der Waals surface area contributed by atoms with Gasteiger partial charge < -0.3 is 10.1 Å². The van der Waals surface area contributed by atoms with Gasteiger partial charge in [0, 0.05) is 24.6 Å². The highest BCUT2D eigenvalue weighted by atomic mass is 32.1. The standard InChI is InChI=1S/C19H18N6O2S2/c1-27-13-6-4-12(5-7-13)18-23-24-19(28)25(18)9-8-17(26)20-16-11-14(21-22-16)15-3-2-10-29-15/h2-7,10-11H,8-9H2,1H3,(H,24,28)(H2,20,21,22,26). The molecule has 0 saturated heterocycles. The Morgan fingerprint density at radius 3 is 2.79 bits per heavy atom. The van der Waals surface area contributed by atoms with Gasteiger partial charge in [-0.05, 0) is 47.9 Å². The lowest BCUT2D eigenvalue weighted by atomic mass is 10.2. The maximum absolute atomic E-state index is 12.4. The molecule has 148 valence electrons. The van der Waals surface area contributed by atoms with E-state index < -0.39 is 0 Å². The second kappa shape index (κ2) is 8.41. The van der Waals surface area contributed by atoms with Gasteiger partial charge in [-0.3, -0.25) is 19.6 Å². The normalized spacial score (nSPS) is 10.8. The van der Waals surface area contributed by atoms with Crippen molar-refractivity contribution in [3.05, 3.63) is 52.6 Å². The Balaban J connectivity index is 1.42. The predicted molar refractivity (Wildman–Crippen MR) is 115 cm³/mol. The predicted octanol–water partition coefficient (Wildman–Crippen LogP) is 4.10. The van der Waals surface area contributed by atoms with Crippen molar-refractivity contribution in [1.82, 2.24) is 25.0 Å². The number of hydrogen-bond donors (Lipinski definition) is 3. The number of amides is 1. The van der Waals surface area contributed by atoms with Crippen LogP contribution in [0.25, 0.3) is 22.0 Å². The van der Waals surface area contributed by atoms with E-state index in [0.717, 1.165) is 21.9 Å². The number of rotatable bonds is 7. The SMILES string of the molecule is COc1ccc(-c2n[nH]c(=S)n2CCC(=O)Nc2cc(-c3cccs3)[nH]n2)cc1. The Hall–Kier alpha value is -3.24. The molecule has 0 radical (unpaired) electrons. The lowest BCUT2D eigenvalue weighted by Crippen LogP contribution is -2.15. The van der Waals surface area contributed by atoms with Crippen LogP contribution in [0, 0.1) is 4.77 Å². The fourth-order valence-corrected chi connectivity index (χ4v) is 3.76. The zero-order valence-corrected chi connectivity index (χ0v) is 17.1. The van der Waals surface area contributed by atoms with Crippen LogP contribution < -0.4 is 10.1 Å². The van der Waals surface area contributed by atoms with Crippen LogP contribution in [0.15, 0.2) is 47.8 Å². The molecule has 1 amide bonds. The first kappa shape index (κ1) is 19.1. The average Bonchev–Trinajstić information content (AvgIpc) is 3.48. The molecule has 4 aromatic rings. The van der Waals surface area contributed by atoms with E-state index in [1.54, 1.807) is 23.0 Å². The van der Waals surface area contributed by atoms with Crippen LogP contribution in [0.5, 0.6) is 5.75 Å². The first-order valence-corrected chi connectivity index (χ1v) is 10.1. The quantitative estimate of drug-likeness (QED) is 0.386. The number of ether oxygens (including phenoxy) is 1. The third-order valence-electron chi connectivity index (χ3n) is 4.30. The Morgan fingerprint density at radius 2 is 2.07 bits per heavy atom. The maximum Gasteiger partial charge on any atom is 0.227 e.